The van der Waals surface area contributed by atoms with E-state index in [-0.39, 0.29) is 0 Å². The van der Waals surface area contributed by atoms with Crippen molar-refractivity contribution < 1.29 is 0 Å². The molecule has 29 heavy (non-hydrogen) atoms. The predicted octanol–water partition coefficient (Wildman–Crippen LogP) is 10.1. The Balaban J connectivity index is -0.000000381. The standard InChI is InChI=1S/C14H14.C7H8.4C2H6/c1-11-3-7-13(8-4-11)14-9-5-12(2)6-10-14;1-7-5-3-2-4-6-7;4*1-2/h3-10H,1-2H3;2-6H,1H3;4*1-2H3. The van der Waals surface area contributed by atoms with Gasteiger partial charge < -0.3 is 0 Å². The molecule has 0 radical (unpaired) electrons. The van der Waals surface area contributed by atoms with Crippen LogP contribution in [0.3, 0.4) is 0 Å². The predicted molar refractivity (Wildman–Crippen MR) is 138 cm³/mol. The van der Waals surface area contributed by atoms with Crippen LogP contribution >= 0.6 is 0 Å². The van der Waals surface area contributed by atoms with Crippen molar-refractivity contribution in [2.45, 2.75) is 76.2 Å². The molecule has 0 aromatic heterocycles. The molecule has 0 nitrogen and oxygen atoms in total. The Hall–Kier alpha value is -2.34. The summed E-state index contributed by atoms with van der Waals surface area (Å²) in [4.78, 5) is 0. The zero-order valence-corrected chi connectivity index (χ0v) is 21.0. The highest BCUT2D eigenvalue weighted by atomic mass is 14.0. The first-order valence-corrected chi connectivity index (χ1v) is 11.3. The Labute approximate surface area is 183 Å². The number of benzene rings is 3. The smallest absolute Gasteiger partial charge is 0.0184 e. The minimum Gasteiger partial charge on any atom is -0.0683 e. The molecule has 0 atom stereocenters. The number of rotatable bonds is 1. The van der Waals surface area contributed by atoms with E-state index < -0.39 is 0 Å². The maximum Gasteiger partial charge on any atom is -0.0184 e. The number of hydrogen-bond donors (Lipinski definition) is 0. The summed E-state index contributed by atoms with van der Waals surface area (Å²) >= 11 is 0. The second-order valence-electron chi connectivity index (χ2n) is 5.39. The first-order valence-electron chi connectivity index (χ1n) is 11.3. The van der Waals surface area contributed by atoms with Gasteiger partial charge in [-0.05, 0) is 31.9 Å². The molecule has 0 bridgehead atoms. The van der Waals surface area contributed by atoms with Crippen LogP contribution in [-0.4, -0.2) is 0 Å². The Morgan fingerprint density at radius 1 is 0.310 bits per heavy atom. The molecule has 0 aliphatic heterocycles. The molecule has 3 rings (SSSR count). The van der Waals surface area contributed by atoms with Crippen molar-refractivity contribution in [1.29, 1.82) is 0 Å². The first-order chi connectivity index (χ1) is 14.1. The molecule has 162 valence electrons. The molecule has 0 spiro atoms. The lowest BCUT2D eigenvalue weighted by Gasteiger charge is -2.02. The lowest BCUT2D eigenvalue weighted by Crippen LogP contribution is -1.78. The summed E-state index contributed by atoms with van der Waals surface area (Å²) in [5, 5.41) is 0. The summed E-state index contributed by atoms with van der Waals surface area (Å²) in [6, 6.07) is 27.5. The summed E-state index contributed by atoms with van der Waals surface area (Å²) in [6.07, 6.45) is 0. The molecule has 0 aliphatic carbocycles. The van der Waals surface area contributed by atoms with E-state index in [0.29, 0.717) is 0 Å². The number of hydrogen-bond acceptors (Lipinski definition) is 0. The molecule has 0 fully saturated rings. The Kier molecular flexibility index (Phi) is 25.6. The van der Waals surface area contributed by atoms with E-state index in [2.05, 4.69) is 81.4 Å². The van der Waals surface area contributed by atoms with Crippen LogP contribution in [0.5, 0.6) is 0 Å². The summed E-state index contributed by atoms with van der Waals surface area (Å²) in [5.41, 5.74) is 6.51. The molecule has 3 aromatic carbocycles. The third-order valence-corrected chi connectivity index (χ3v) is 3.38. The topological polar surface area (TPSA) is 0 Å². The third-order valence-electron chi connectivity index (χ3n) is 3.38. The average Bonchev–Trinajstić information content (AvgIpc) is 2.81. The van der Waals surface area contributed by atoms with Crippen LogP contribution in [0, 0.1) is 20.8 Å². The van der Waals surface area contributed by atoms with Crippen molar-refractivity contribution in [2.24, 2.45) is 0 Å². The molecular formula is C29H46. The van der Waals surface area contributed by atoms with Gasteiger partial charge in [-0.15, -0.1) is 0 Å². The Morgan fingerprint density at radius 2 is 0.552 bits per heavy atom. The molecule has 0 aliphatic rings. The largest absolute Gasteiger partial charge is 0.0683 e. The molecule has 0 heteroatoms. The van der Waals surface area contributed by atoms with E-state index in [1.54, 1.807) is 0 Å². The summed E-state index contributed by atoms with van der Waals surface area (Å²) < 4.78 is 0. The minimum absolute atomic E-state index is 1.29. The molecule has 0 amide bonds. The second-order valence-corrected chi connectivity index (χ2v) is 5.39. The van der Waals surface area contributed by atoms with Crippen LogP contribution in [0.2, 0.25) is 0 Å². The average molecular weight is 395 g/mol. The minimum atomic E-state index is 1.29. The van der Waals surface area contributed by atoms with Crippen LogP contribution in [0.1, 0.15) is 72.1 Å². The quantitative estimate of drug-likeness (QED) is 0.385. The van der Waals surface area contributed by atoms with Gasteiger partial charge in [-0.1, -0.05) is 151 Å². The van der Waals surface area contributed by atoms with E-state index >= 15 is 0 Å². The lowest BCUT2D eigenvalue weighted by atomic mass is 10.0. The second kappa shape index (κ2) is 23.7. The van der Waals surface area contributed by atoms with Gasteiger partial charge >= 0.3 is 0 Å². The van der Waals surface area contributed by atoms with E-state index in [0.717, 1.165) is 0 Å². The van der Waals surface area contributed by atoms with Gasteiger partial charge in [-0.3, -0.25) is 0 Å². The van der Waals surface area contributed by atoms with Gasteiger partial charge in [0.2, 0.25) is 0 Å². The highest BCUT2D eigenvalue weighted by molar-refractivity contribution is 5.63. The zero-order chi connectivity index (χ0) is 23.1. The van der Waals surface area contributed by atoms with Crippen molar-refractivity contribution in [3.63, 3.8) is 0 Å². The van der Waals surface area contributed by atoms with Crippen LogP contribution in [0.15, 0.2) is 78.9 Å². The van der Waals surface area contributed by atoms with Gasteiger partial charge in [0.25, 0.3) is 0 Å². The van der Waals surface area contributed by atoms with Gasteiger partial charge in [0.15, 0.2) is 0 Å². The molecule has 0 saturated carbocycles. The van der Waals surface area contributed by atoms with Crippen LogP contribution in [0.25, 0.3) is 11.1 Å². The lowest BCUT2D eigenvalue weighted by molar-refractivity contribution is 1.45. The molecule has 0 heterocycles. The van der Waals surface area contributed by atoms with Gasteiger partial charge in [-0.25, -0.2) is 0 Å². The molecule has 3 aromatic rings. The fraction of sp³-hybridized carbons (Fsp3) is 0.379. The van der Waals surface area contributed by atoms with Crippen molar-refractivity contribution in [1.82, 2.24) is 0 Å². The zero-order valence-electron chi connectivity index (χ0n) is 21.0. The molecular weight excluding hydrogens is 348 g/mol. The monoisotopic (exact) mass is 394 g/mol. The summed E-state index contributed by atoms with van der Waals surface area (Å²) in [7, 11) is 0. The maximum absolute atomic E-state index is 2.17. The van der Waals surface area contributed by atoms with Gasteiger partial charge in [0, 0.05) is 0 Å². The highest BCUT2D eigenvalue weighted by Gasteiger charge is 1.95. The maximum atomic E-state index is 2.17. The Bertz CT molecular complexity index is 603. The van der Waals surface area contributed by atoms with E-state index in [9.17, 15) is 0 Å². The van der Waals surface area contributed by atoms with E-state index in [4.69, 9.17) is 0 Å². The SMILES string of the molecule is CC.CC.CC.CC.Cc1ccc(-c2ccc(C)cc2)cc1.Cc1ccccc1. The van der Waals surface area contributed by atoms with E-state index in [1.165, 1.54) is 27.8 Å². The van der Waals surface area contributed by atoms with Gasteiger partial charge in [0.1, 0.15) is 0 Å². The summed E-state index contributed by atoms with van der Waals surface area (Å²) in [5.74, 6) is 0. The van der Waals surface area contributed by atoms with Crippen molar-refractivity contribution in [2.75, 3.05) is 0 Å². The van der Waals surface area contributed by atoms with Gasteiger partial charge in [0.05, 0.1) is 0 Å². The van der Waals surface area contributed by atoms with Crippen LogP contribution < -0.4 is 0 Å². The molecule has 0 unspecified atom stereocenters. The van der Waals surface area contributed by atoms with Gasteiger partial charge in [-0.2, -0.15) is 0 Å². The Morgan fingerprint density at radius 3 is 0.759 bits per heavy atom. The van der Waals surface area contributed by atoms with Crippen molar-refractivity contribution >= 4 is 0 Å². The first kappa shape index (κ1) is 31.4. The van der Waals surface area contributed by atoms with Crippen LogP contribution in [-0.2, 0) is 0 Å². The molecule has 0 saturated heterocycles. The van der Waals surface area contributed by atoms with Crippen molar-refractivity contribution in [3.05, 3.63) is 95.6 Å². The summed E-state index contributed by atoms with van der Waals surface area (Å²) in [6.45, 7) is 22.3. The van der Waals surface area contributed by atoms with Crippen LogP contribution in [0.4, 0.5) is 0 Å². The fourth-order valence-electron chi connectivity index (χ4n) is 2.03. The third kappa shape index (κ3) is 16.3. The molecule has 0 N–H and O–H groups in total. The number of aryl methyl sites for hydroxylation is 3. The highest BCUT2D eigenvalue weighted by Crippen LogP contribution is 2.19. The van der Waals surface area contributed by atoms with Crippen molar-refractivity contribution in [3.8, 4) is 11.1 Å². The fourth-order valence-corrected chi connectivity index (χ4v) is 2.03. The van der Waals surface area contributed by atoms with E-state index in [1.807, 2.05) is 73.6 Å². The normalized spacial score (nSPS) is 7.83.